The van der Waals surface area contributed by atoms with Gasteiger partial charge in [-0.25, -0.2) is 17.2 Å². The van der Waals surface area contributed by atoms with Gasteiger partial charge in [0.05, 0.1) is 10.8 Å². The van der Waals surface area contributed by atoms with Crippen molar-refractivity contribution in [3.8, 4) is 0 Å². The van der Waals surface area contributed by atoms with Gasteiger partial charge in [0.2, 0.25) is 5.91 Å². The fourth-order valence-corrected chi connectivity index (χ4v) is 8.26. The van der Waals surface area contributed by atoms with Gasteiger partial charge < -0.3 is 10.0 Å². The third-order valence-corrected chi connectivity index (χ3v) is 11.3. The number of amides is 1. The van der Waals surface area contributed by atoms with Crippen LogP contribution in [-0.2, 0) is 36.3 Å². The maximum atomic E-state index is 14.7. The maximum Gasteiger partial charge on any atom is 0.435 e. The number of hydrogen-bond donors (Lipinski definition) is 1. The monoisotopic (exact) mass is 655 g/mol. The van der Waals surface area contributed by atoms with Gasteiger partial charge in [0.25, 0.3) is 0 Å². The molecule has 1 N–H and O–H groups in total. The molecule has 4 rings (SSSR count). The van der Waals surface area contributed by atoms with E-state index in [1.165, 1.54) is 4.90 Å². The number of carboxylic acids is 1. The van der Waals surface area contributed by atoms with E-state index in [4.69, 9.17) is 0 Å². The number of alkyl halides is 7. The molecule has 2 aromatic rings. The number of nitrogens with zero attached hydrogens (tertiary/aromatic N) is 1. The molecule has 1 saturated carbocycles. The van der Waals surface area contributed by atoms with E-state index in [0.717, 1.165) is 18.2 Å². The highest BCUT2D eigenvalue weighted by molar-refractivity contribution is 7.92. The van der Waals surface area contributed by atoms with Crippen LogP contribution >= 0.6 is 0 Å². The Morgan fingerprint density at radius 1 is 0.909 bits per heavy atom. The van der Waals surface area contributed by atoms with Crippen molar-refractivity contribution in [1.82, 2.24) is 4.90 Å². The van der Waals surface area contributed by atoms with Gasteiger partial charge in [-0.1, -0.05) is 31.2 Å². The molecular formula is C29H29F8NO5S. The molecule has 2 fully saturated rings. The van der Waals surface area contributed by atoms with E-state index in [1.807, 2.05) is 0 Å². The normalized spacial score (nSPS) is 23.5. The first-order valence-electron chi connectivity index (χ1n) is 13.8. The SMILES string of the molecule is CCc1cc(S(=O)(=O)[C@@]2(c3ccc(C(F)(C(F)(F)F)C(F)(F)F)cc3)CCN(C(=O)C3CCC(C(=O)O)CC3)C2)ccc1F. The third-order valence-electron chi connectivity index (χ3n) is 8.78. The third kappa shape index (κ3) is 5.56. The minimum atomic E-state index is -6.38. The van der Waals surface area contributed by atoms with Crippen molar-refractivity contribution in [1.29, 1.82) is 0 Å². The van der Waals surface area contributed by atoms with Crippen molar-refractivity contribution in [3.63, 3.8) is 0 Å². The van der Waals surface area contributed by atoms with Crippen LogP contribution in [0, 0.1) is 17.7 Å². The van der Waals surface area contributed by atoms with Crippen molar-refractivity contribution in [2.75, 3.05) is 13.1 Å². The largest absolute Gasteiger partial charge is 0.481 e. The van der Waals surface area contributed by atoms with E-state index in [9.17, 15) is 58.2 Å². The van der Waals surface area contributed by atoms with Crippen LogP contribution in [0.3, 0.4) is 0 Å². The zero-order valence-corrected chi connectivity index (χ0v) is 24.1. The van der Waals surface area contributed by atoms with Crippen molar-refractivity contribution < 1.29 is 58.2 Å². The number of carbonyl (C=O) groups excluding carboxylic acids is 1. The number of hydrogen-bond acceptors (Lipinski definition) is 4. The molecule has 1 saturated heterocycles. The fourth-order valence-electron chi connectivity index (χ4n) is 6.13. The first kappa shape index (κ1) is 33.7. The second kappa shape index (κ2) is 11.6. The standard InChI is InChI=1S/C29H29F8NO5S/c1-2-17-15-22(11-12-23(17)30)44(42,43)26(13-14-38(16-26)24(39)18-3-5-19(6-4-18)25(40)41)20-7-9-21(10-8-20)27(31,28(32,33)34)29(35,36)37/h7-12,15,18-19H,2-6,13-14,16H2,1H3,(H,40,41)/t18?,19?,26-/m0/s1. The summed E-state index contributed by atoms with van der Waals surface area (Å²) in [4.78, 5) is 25.6. The maximum absolute atomic E-state index is 14.7. The van der Waals surface area contributed by atoms with E-state index < -0.39 is 74.2 Å². The number of halogens is 8. The van der Waals surface area contributed by atoms with Crippen LogP contribution in [0.2, 0.25) is 0 Å². The van der Waals surface area contributed by atoms with E-state index in [1.54, 1.807) is 6.92 Å². The zero-order valence-electron chi connectivity index (χ0n) is 23.3. The molecular weight excluding hydrogens is 626 g/mol. The molecule has 2 aliphatic rings. The Kier molecular flexibility index (Phi) is 8.88. The summed E-state index contributed by atoms with van der Waals surface area (Å²) in [5.74, 6) is -3.39. The predicted octanol–water partition coefficient (Wildman–Crippen LogP) is 6.47. The van der Waals surface area contributed by atoms with Crippen LogP contribution in [-0.4, -0.2) is 55.7 Å². The number of aryl methyl sites for hydroxylation is 1. The Morgan fingerprint density at radius 2 is 1.45 bits per heavy atom. The lowest BCUT2D eigenvalue weighted by molar-refractivity contribution is -0.348. The van der Waals surface area contributed by atoms with Gasteiger partial charge in [-0.05, 0) is 67.9 Å². The van der Waals surface area contributed by atoms with Crippen molar-refractivity contribution >= 4 is 21.7 Å². The molecule has 2 aromatic carbocycles. The van der Waals surface area contributed by atoms with Gasteiger partial charge >= 0.3 is 24.0 Å². The molecule has 6 nitrogen and oxygen atoms in total. The minimum absolute atomic E-state index is 0.0373. The topological polar surface area (TPSA) is 91.8 Å². The number of sulfone groups is 1. The Bertz CT molecular complexity index is 1500. The van der Waals surface area contributed by atoms with E-state index >= 15 is 0 Å². The first-order chi connectivity index (χ1) is 20.3. The fraction of sp³-hybridized carbons (Fsp3) is 0.517. The molecule has 1 atom stereocenters. The lowest BCUT2D eigenvalue weighted by atomic mass is 9.81. The number of carboxylic acid groups (broad SMARTS) is 1. The molecule has 0 aromatic heterocycles. The minimum Gasteiger partial charge on any atom is -0.481 e. The van der Waals surface area contributed by atoms with Crippen LogP contribution in [0.25, 0.3) is 0 Å². The van der Waals surface area contributed by atoms with Gasteiger partial charge in [0.1, 0.15) is 10.6 Å². The molecule has 1 heterocycles. The number of aliphatic carboxylic acids is 1. The highest BCUT2D eigenvalue weighted by Gasteiger charge is 2.73. The Balaban J connectivity index is 1.78. The van der Waals surface area contributed by atoms with E-state index in [2.05, 4.69) is 0 Å². The summed E-state index contributed by atoms with van der Waals surface area (Å²) in [5, 5.41) is 9.25. The van der Waals surface area contributed by atoms with E-state index in [-0.39, 0.29) is 73.2 Å². The molecule has 44 heavy (non-hydrogen) atoms. The summed E-state index contributed by atoms with van der Waals surface area (Å²) >= 11 is 0. The Labute approximate surface area is 248 Å². The average Bonchev–Trinajstić information content (AvgIpc) is 3.43. The summed E-state index contributed by atoms with van der Waals surface area (Å²) in [6.07, 6.45) is -12.1. The molecule has 0 bridgehead atoms. The Hall–Kier alpha value is -3.23. The lowest BCUT2D eigenvalue weighted by Gasteiger charge is -2.33. The van der Waals surface area contributed by atoms with Crippen LogP contribution in [0.15, 0.2) is 47.4 Å². The van der Waals surface area contributed by atoms with Gasteiger partial charge in [0, 0.05) is 24.6 Å². The quantitative estimate of drug-likeness (QED) is 0.273. The first-order valence-corrected chi connectivity index (χ1v) is 15.3. The van der Waals surface area contributed by atoms with Crippen molar-refractivity contribution in [2.24, 2.45) is 11.8 Å². The lowest BCUT2D eigenvalue weighted by Crippen LogP contribution is -2.50. The second-order valence-electron chi connectivity index (χ2n) is 11.2. The molecule has 0 unspecified atom stereocenters. The highest BCUT2D eigenvalue weighted by atomic mass is 32.2. The smallest absolute Gasteiger partial charge is 0.435 e. The number of benzene rings is 2. The molecule has 15 heteroatoms. The van der Waals surface area contributed by atoms with Crippen LogP contribution in [0.5, 0.6) is 0 Å². The predicted molar refractivity (Wildman–Crippen MR) is 140 cm³/mol. The van der Waals surface area contributed by atoms with Gasteiger partial charge in [-0.2, -0.15) is 26.3 Å². The number of carbonyl (C=O) groups is 2. The molecule has 0 spiro atoms. The highest BCUT2D eigenvalue weighted by Crippen LogP contribution is 2.54. The van der Waals surface area contributed by atoms with Gasteiger partial charge in [0.15, 0.2) is 9.84 Å². The summed E-state index contributed by atoms with van der Waals surface area (Å²) in [6, 6.07) is 4.80. The molecule has 1 amide bonds. The molecule has 1 aliphatic carbocycles. The molecule has 242 valence electrons. The van der Waals surface area contributed by atoms with Crippen molar-refractivity contribution in [3.05, 3.63) is 65.0 Å². The molecule has 1 aliphatic heterocycles. The summed E-state index contributed by atoms with van der Waals surface area (Å²) in [6.45, 7) is 0.881. The van der Waals surface area contributed by atoms with Gasteiger partial charge in [-0.15, -0.1) is 0 Å². The van der Waals surface area contributed by atoms with Gasteiger partial charge in [-0.3, -0.25) is 9.59 Å². The van der Waals surface area contributed by atoms with Crippen molar-refractivity contribution in [2.45, 2.75) is 73.1 Å². The second-order valence-corrected chi connectivity index (χ2v) is 13.5. The van der Waals surface area contributed by atoms with E-state index in [0.29, 0.717) is 12.1 Å². The summed E-state index contributed by atoms with van der Waals surface area (Å²) < 4.78 is 136. The number of rotatable bonds is 7. The summed E-state index contributed by atoms with van der Waals surface area (Å²) in [7, 11) is -4.60. The summed E-state index contributed by atoms with van der Waals surface area (Å²) in [5.41, 5.74) is -7.77. The average molecular weight is 656 g/mol. The van der Waals surface area contributed by atoms with Crippen LogP contribution in [0.4, 0.5) is 35.1 Å². The zero-order chi connectivity index (χ0) is 32.9. The van der Waals surface area contributed by atoms with Crippen LogP contribution < -0.4 is 0 Å². The Morgan fingerprint density at radius 3 is 1.95 bits per heavy atom. The molecule has 0 radical (unpaired) electrons. The number of likely N-dealkylation sites (tertiary alicyclic amines) is 1. The van der Waals surface area contributed by atoms with Crippen LogP contribution in [0.1, 0.15) is 55.7 Å².